The van der Waals surface area contributed by atoms with Gasteiger partial charge in [0, 0.05) is 16.7 Å². The number of hydrogen-bond acceptors (Lipinski definition) is 5. The van der Waals surface area contributed by atoms with Crippen LogP contribution in [0.2, 0.25) is 10.0 Å². The van der Waals surface area contributed by atoms with Crippen molar-refractivity contribution in [3.8, 4) is 17.4 Å². The van der Waals surface area contributed by atoms with Crippen molar-refractivity contribution in [2.75, 3.05) is 13.2 Å². The van der Waals surface area contributed by atoms with Crippen LogP contribution in [0.3, 0.4) is 0 Å². The second-order valence-corrected chi connectivity index (χ2v) is 7.64. The largest absolute Gasteiger partial charge is 0.457 e. The summed E-state index contributed by atoms with van der Waals surface area (Å²) in [6, 6.07) is 10.2. The molecule has 0 saturated heterocycles. The van der Waals surface area contributed by atoms with Gasteiger partial charge in [-0.1, -0.05) is 23.2 Å². The van der Waals surface area contributed by atoms with E-state index in [2.05, 4.69) is 0 Å². The monoisotopic (exact) mass is 399 g/mol. The van der Waals surface area contributed by atoms with E-state index in [4.69, 9.17) is 36.7 Å². The third-order valence-electron chi connectivity index (χ3n) is 3.11. The van der Waals surface area contributed by atoms with E-state index in [0.29, 0.717) is 27.1 Å². The fraction of sp³-hybridized carbons (Fsp3) is 0.235. The maximum Gasteiger partial charge on any atom is 0.371 e. The highest BCUT2D eigenvalue weighted by molar-refractivity contribution is 7.59. The van der Waals surface area contributed by atoms with Crippen LogP contribution in [0.5, 0.6) is 0 Å². The van der Waals surface area contributed by atoms with Crippen molar-refractivity contribution in [2.24, 2.45) is 0 Å². The summed E-state index contributed by atoms with van der Waals surface area (Å²) in [7, 11) is -3.68. The third kappa shape index (κ3) is 4.76. The summed E-state index contributed by atoms with van der Waals surface area (Å²) in [4.78, 5) is 0. The number of nitriles is 1. The summed E-state index contributed by atoms with van der Waals surface area (Å²) in [5.74, 6) is 0.793. The number of halogens is 2. The Morgan fingerprint density at radius 3 is 2.52 bits per heavy atom. The molecule has 0 N–H and O–H groups in total. The molecule has 0 fully saturated rings. The van der Waals surface area contributed by atoms with Crippen molar-refractivity contribution in [3.05, 3.63) is 51.5 Å². The molecule has 25 heavy (non-hydrogen) atoms. The van der Waals surface area contributed by atoms with Crippen LogP contribution in [-0.2, 0) is 13.6 Å². The Morgan fingerprint density at radius 2 is 1.92 bits per heavy atom. The minimum atomic E-state index is -3.68. The maximum atomic E-state index is 12.7. The van der Waals surface area contributed by atoms with Crippen molar-refractivity contribution in [1.29, 1.82) is 5.26 Å². The first kappa shape index (κ1) is 19.8. The molecule has 8 heteroatoms. The van der Waals surface area contributed by atoms with Crippen molar-refractivity contribution in [3.63, 3.8) is 0 Å². The van der Waals surface area contributed by atoms with E-state index in [1.807, 2.05) is 6.07 Å². The van der Waals surface area contributed by atoms with Gasteiger partial charge in [-0.2, -0.15) is 5.26 Å². The molecule has 0 bridgehead atoms. The Hall–Kier alpha value is -1.54. The summed E-state index contributed by atoms with van der Waals surface area (Å²) in [6.45, 7) is 3.65. The van der Waals surface area contributed by atoms with Gasteiger partial charge in [0.05, 0.1) is 18.2 Å². The molecule has 132 valence electrons. The lowest BCUT2D eigenvalue weighted by molar-refractivity contribution is 0.227. The minimum Gasteiger partial charge on any atom is -0.457 e. The summed E-state index contributed by atoms with van der Waals surface area (Å²) in [6.07, 6.45) is 1.34. The van der Waals surface area contributed by atoms with E-state index in [1.54, 1.807) is 44.2 Å². The van der Waals surface area contributed by atoms with E-state index in [-0.39, 0.29) is 18.5 Å². The topological polar surface area (TPSA) is 72.5 Å². The van der Waals surface area contributed by atoms with Gasteiger partial charge in [-0.15, -0.1) is 0 Å². The Labute approximate surface area is 156 Å². The normalized spacial score (nSPS) is 12.2. The highest BCUT2D eigenvalue weighted by Crippen LogP contribution is 2.56. The number of allylic oxidation sites excluding steroid dienone is 1. The van der Waals surface area contributed by atoms with Crippen LogP contribution in [-0.4, -0.2) is 13.2 Å². The molecule has 2 aromatic rings. The Balaban J connectivity index is 2.41. The molecule has 0 spiro atoms. The van der Waals surface area contributed by atoms with E-state index in [1.165, 1.54) is 6.08 Å². The molecule has 1 aromatic heterocycles. The zero-order valence-electron chi connectivity index (χ0n) is 13.7. The Kier molecular flexibility index (Phi) is 6.89. The Bertz CT molecular complexity index is 860. The van der Waals surface area contributed by atoms with Crippen LogP contribution in [0.25, 0.3) is 17.4 Å². The van der Waals surface area contributed by atoms with E-state index >= 15 is 0 Å². The van der Waals surface area contributed by atoms with Gasteiger partial charge in [0.25, 0.3) is 0 Å². The van der Waals surface area contributed by atoms with Gasteiger partial charge in [0.15, 0.2) is 0 Å². The molecule has 1 aromatic carbocycles. The van der Waals surface area contributed by atoms with Crippen molar-refractivity contribution in [2.45, 2.75) is 13.8 Å². The third-order valence-corrected chi connectivity index (χ3v) is 5.69. The average molecular weight is 400 g/mol. The first-order valence-corrected chi connectivity index (χ1v) is 9.80. The summed E-state index contributed by atoms with van der Waals surface area (Å²) < 4.78 is 28.8. The van der Waals surface area contributed by atoms with Gasteiger partial charge in [-0.05, 0) is 44.2 Å². The van der Waals surface area contributed by atoms with E-state index < -0.39 is 7.60 Å². The van der Waals surface area contributed by atoms with Gasteiger partial charge in [-0.25, -0.2) is 0 Å². The van der Waals surface area contributed by atoms with Crippen LogP contribution in [0.4, 0.5) is 0 Å². The lowest BCUT2D eigenvalue weighted by Crippen LogP contribution is -1.97. The number of hydrogen-bond donors (Lipinski definition) is 0. The van der Waals surface area contributed by atoms with Gasteiger partial charge < -0.3 is 13.5 Å². The second kappa shape index (κ2) is 8.71. The van der Waals surface area contributed by atoms with Crippen LogP contribution in [0.1, 0.15) is 19.6 Å². The highest BCUT2D eigenvalue weighted by atomic mass is 35.5. The van der Waals surface area contributed by atoms with Crippen molar-refractivity contribution < 1.29 is 18.0 Å². The number of benzene rings is 1. The van der Waals surface area contributed by atoms with Crippen molar-refractivity contribution >= 4 is 36.9 Å². The lowest BCUT2D eigenvalue weighted by atomic mass is 10.2. The summed E-state index contributed by atoms with van der Waals surface area (Å²) >= 11 is 12.1. The maximum absolute atomic E-state index is 12.7. The molecule has 5 nitrogen and oxygen atoms in total. The van der Waals surface area contributed by atoms with E-state index in [0.717, 1.165) is 0 Å². The van der Waals surface area contributed by atoms with Crippen LogP contribution >= 0.6 is 30.8 Å². The zero-order chi connectivity index (χ0) is 18.4. The van der Waals surface area contributed by atoms with Crippen LogP contribution in [0, 0.1) is 11.3 Å². The first-order valence-electron chi connectivity index (χ1n) is 7.50. The molecular weight excluding hydrogens is 384 g/mol. The summed E-state index contributed by atoms with van der Waals surface area (Å²) in [5, 5.41) is 10.2. The molecule has 0 amide bonds. The molecule has 0 atom stereocenters. The number of rotatable bonds is 7. The van der Waals surface area contributed by atoms with Crippen LogP contribution < -0.4 is 0 Å². The van der Waals surface area contributed by atoms with Gasteiger partial charge in [0.1, 0.15) is 22.9 Å². The number of nitrogens with zero attached hydrogens (tertiary/aromatic N) is 1. The standard InChI is InChI=1S/C17H16Cl2NO4P/c1-3-22-25(21,23-4-2)14(11-20)10-13-6-8-17(24-13)15-9-12(18)5-7-16(15)19/h5-10H,3-4H2,1-2H3. The predicted molar refractivity (Wildman–Crippen MR) is 98.6 cm³/mol. The molecule has 0 aliphatic rings. The molecule has 0 radical (unpaired) electrons. The zero-order valence-corrected chi connectivity index (χ0v) is 16.1. The molecule has 0 saturated carbocycles. The SMILES string of the molecule is CCOP(=O)(OCC)C(C#N)=Cc1ccc(-c2cc(Cl)ccc2Cl)o1. The van der Waals surface area contributed by atoms with E-state index in [9.17, 15) is 9.83 Å². The van der Waals surface area contributed by atoms with Gasteiger partial charge >= 0.3 is 7.60 Å². The average Bonchev–Trinajstić information content (AvgIpc) is 3.03. The fourth-order valence-electron chi connectivity index (χ4n) is 2.09. The second-order valence-electron chi connectivity index (χ2n) is 4.80. The molecule has 0 unspecified atom stereocenters. The lowest BCUT2D eigenvalue weighted by Gasteiger charge is -2.15. The molecule has 1 heterocycles. The molecule has 2 rings (SSSR count). The molecular formula is C17H16Cl2NO4P. The van der Waals surface area contributed by atoms with Crippen molar-refractivity contribution in [1.82, 2.24) is 0 Å². The van der Waals surface area contributed by atoms with Gasteiger partial charge in [-0.3, -0.25) is 4.57 Å². The quantitative estimate of drug-likeness (QED) is 0.398. The Morgan fingerprint density at radius 1 is 1.24 bits per heavy atom. The first-order chi connectivity index (χ1) is 11.9. The summed E-state index contributed by atoms with van der Waals surface area (Å²) in [5.41, 5.74) is 0.616. The minimum absolute atomic E-state index is 0.130. The fourth-order valence-corrected chi connectivity index (χ4v) is 3.91. The van der Waals surface area contributed by atoms with Gasteiger partial charge in [0.2, 0.25) is 0 Å². The highest BCUT2D eigenvalue weighted by Gasteiger charge is 2.30. The smallest absolute Gasteiger partial charge is 0.371 e. The predicted octanol–water partition coefficient (Wildman–Crippen LogP) is 6.38. The molecule has 0 aliphatic heterocycles. The number of furan rings is 1. The molecule has 0 aliphatic carbocycles. The van der Waals surface area contributed by atoms with Crippen LogP contribution in [0.15, 0.2) is 40.1 Å².